The molecule has 0 saturated heterocycles. The van der Waals surface area contributed by atoms with Gasteiger partial charge in [0.2, 0.25) is 0 Å². The molecule has 0 atom stereocenters. The van der Waals surface area contributed by atoms with Gasteiger partial charge in [-0.15, -0.1) is 0 Å². The molecule has 0 saturated carbocycles. The monoisotopic (exact) mass is 333 g/mol. The van der Waals surface area contributed by atoms with E-state index in [1.807, 2.05) is 0 Å². The standard InChI is InChI=1S/C13H8Cl2F3N3/c14-10-4-9(13(16,17)18)5-11(15)12(10)21-20-7-8-2-1-3-19-6-8/h1-7,21H/b20-7-. The number of benzene rings is 1. The van der Waals surface area contributed by atoms with Gasteiger partial charge in [0.1, 0.15) is 0 Å². The average molecular weight is 334 g/mol. The van der Waals surface area contributed by atoms with Gasteiger partial charge in [0.15, 0.2) is 0 Å². The van der Waals surface area contributed by atoms with Crippen molar-refractivity contribution < 1.29 is 13.2 Å². The molecule has 1 N–H and O–H groups in total. The van der Waals surface area contributed by atoms with Crippen molar-refractivity contribution in [3.8, 4) is 0 Å². The highest BCUT2D eigenvalue weighted by molar-refractivity contribution is 6.39. The summed E-state index contributed by atoms with van der Waals surface area (Å²) in [5.74, 6) is 0. The van der Waals surface area contributed by atoms with Crippen LogP contribution >= 0.6 is 23.2 Å². The molecule has 0 bridgehead atoms. The number of nitrogens with one attached hydrogen (secondary N) is 1. The lowest BCUT2D eigenvalue weighted by Gasteiger charge is -2.11. The van der Waals surface area contributed by atoms with Crippen LogP contribution in [0, 0.1) is 0 Å². The smallest absolute Gasteiger partial charge is 0.275 e. The lowest BCUT2D eigenvalue weighted by atomic mass is 10.2. The fourth-order valence-electron chi connectivity index (χ4n) is 1.47. The van der Waals surface area contributed by atoms with Crippen LogP contribution in [0.1, 0.15) is 11.1 Å². The Morgan fingerprint density at radius 3 is 2.38 bits per heavy atom. The summed E-state index contributed by atoms with van der Waals surface area (Å²) in [5, 5.41) is 3.52. The summed E-state index contributed by atoms with van der Waals surface area (Å²) < 4.78 is 37.7. The molecule has 8 heteroatoms. The lowest BCUT2D eigenvalue weighted by molar-refractivity contribution is -0.137. The molecule has 0 spiro atoms. The van der Waals surface area contributed by atoms with Crippen LogP contribution in [0.25, 0.3) is 0 Å². The Balaban J connectivity index is 2.20. The van der Waals surface area contributed by atoms with E-state index in [2.05, 4.69) is 15.5 Å². The Kier molecular flexibility index (Phi) is 4.69. The molecule has 2 rings (SSSR count). The minimum absolute atomic E-state index is 0.103. The molecule has 110 valence electrons. The first-order valence-electron chi connectivity index (χ1n) is 5.63. The van der Waals surface area contributed by atoms with Crippen molar-refractivity contribution in [2.24, 2.45) is 5.10 Å². The van der Waals surface area contributed by atoms with Gasteiger partial charge in [-0.05, 0) is 18.2 Å². The molecule has 3 nitrogen and oxygen atoms in total. The van der Waals surface area contributed by atoms with Crippen molar-refractivity contribution in [1.29, 1.82) is 0 Å². The number of aromatic nitrogens is 1. The predicted octanol–water partition coefficient (Wildman–Crippen LogP) is 4.85. The normalized spacial score (nSPS) is 11.9. The quantitative estimate of drug-likeness (QED) is 0.643. The molecule has 0 aliphatic carbocycles. The van der Waals surface area contributed by atoms with E-state index in [1.165, 1.54) is 6.21 Å². The molecule has 0 unspecified atom stereocenters. The van der Waals surface area contributed by atoms with Gasteiger partial charge in [-0.1, -0.05) is 29.3 Å². The first-order chi connectivity index (χ1) is 9.88. The van der Waals surface area contributed by atoms with Crippen LogP contribution in [0.3, 0.4) is 0 Å². The van der Waals surface area contributed by atoms with Crippen LogP contribution in [0.2, 0.25) is 10.0 Å². The topological polar surface area (TPSA) is 37.3 Å². The molecule has 1 aromatic carbocycles. The molecular formula is C13H8Cl2F3N3. The molecular weight excluding hydrogens is 326 g/mol. The first kappa shape index (κ1) is 15.6. The Labute approximate surface area is 128 Å². The van der Waals surface area contributed by atoms with Crippen molar-refractivity contribution in [2.75, 3.05) is 5.43 Å². The molecule has 0 radical (unpaired) electrons. The van der Waals surface area contributed by atoms with Crippen molar-refractivity contribution >= 4 is 35.1 Å². The van der Waals surface area contributed by atoms with E-state index >= 15 is 0 Å². The predicted molar refractivity (Wildman–Crippen MR) is 76.9 cm³/mol. The zero-order valence-electron chi connectivity index (χ0n) is 10.3. The Hall–Kier alpha value is -1.79. The summed E-state index contributed by atoms with van der Waals surface area (Å²) in [4.78, 5) is 3.89. The zero-order valence-corrected chi connectivity index (χ0v) is 11.8. The highest BCUT2D eigenvalue weighted by Gasteiger charge is 2.31. The van der Waals surface area contributed by atoms with E-state index in [0.29, 0.717) is 5.56 Å². The Morgan fingerprint density at radius 1 is 1.19 bits per heavy atom. The minimum atomic E-state index is -4.51. The van der Waals surface area contributed by atoms with Crippen molar-refractivity contribution in [3.05, 3.63) is 57.8 Å². The summed E-state index contributed by atoms with van der Waals surface area (Å²) >= 11 is 11.6. The van der Waals surface area contributed by atoms with Gasteiger partial charge in [-0.3, -0.25) is 10.4 Å². The third kappa shape index (κ3) is 4.09. The number of hydrogen-bond donors (Lipinski definition) is 1. The van der Waals surface area contributed by atoms with Gasteiger partial charge >= 0.3 is 6.18 Å². The van der Waals surface area contributed by atoms with Crippen molar-refractivity contribution in [1.82, 2.24) is 4.98 Å². The second-order valence-electron chi connectivity index (χ2n) is 3.97. The summed E-state index contributed by atoms with van der Waals surface area (Å²) in [6.07, 6.45) is 0.109. The largest absolute Gasteiger partial charge is 0.416 e. The maximum atomic E-state index is 12.6. The Morgan fingerprint density at radius 2 is 1.86 bits per heavy atom. The maximum Gasteiger partial charge on any atom is 0.416 e. The van der Waals surface area contributed by atoms with Gasteiger partial charge in [0, 0.05) is 18.0 Å². The van der Waals surface area contributed by atoms with Crippen LogP contribution in [-0.4, -0.2) is 11.2 Å². The third-order valence-electron chi connectivity index (χ3n) is 2.44. The molecule has 0 aliphatic heterocycles. The SMILES string of the molecule is FC(F)(F)c1cc(Cl)c(N/N=C\c2cccnc2)c(Cl)c1. The van der Waals surface area contributed by atoms with Crippen molar-refractivity contribution in [2.45, 2.75) is 6.18 Å². The fraction of sp³-hybridized carbons (Fsp3) is 0.0769. The number of alkyl halides is 3. The highest BCUT2D eigenvalue weighted by Crippen LogP contribution is 2.38. The van der Waals surface area contributed by atoms with E-state index in [-0.39, 0.29) is 15.7 Å². The minimum Gasteiger partial charge on any atom is -0.275 e. The van der Waals surface area contributed by atoms with Crippen molar-refractivity contribution in [3.63, 3.8) is 0 Å². The number of rotatable bonds is 3. The number of pyridine rings is 1. The molecule has 1 aromatic heterocycles. The van der Waals surface area contributed by atoms with Gasteiger partial charge < -0.3 is 0 Å². The molecule has 0 fully saturated rings. The maximum absolute atomic E-state index is 12.6. The second kappa shape index (κ2) is 6.32. The number of nitrogens with zero attached hydrogens (tertiary/aromatic N) is 2. The fourth-order valence-corrected chi connectivity index (χ4v) is 2.04. The van der Waals surface area contributed by atoms with Gasteiger partial charge in [-0.2, -0.15) is 18.3 Å². The summed E-state index contributed by atoms with van der Waals surface area (Å²) in [6, 6.07) is 5.05. The number of hydrogen-bond acceptors (Lipinski definition) is 3. The number of halogens is 5. The van der Waals surface area contributed by atoms with E-state index in [9.17, 15) is 13.2 Å². The van der Waals surface area contributed by atoms with Crippen LogP contribution < -0.4 is 5.43 Å². The average Bonchev–Trinajstić information content (AvgIpc) is 2.42. The summed E-state index contributed by atoms with van der Waals surface area (Å²) in [7, 11) is 0. The number of anilines is 1. The third-order valence-corrected chi connectivity index (χ3v) is 3.04. The van der Waals surface area contributed by atoms with Gasteiger partial charge in [0.05, 0.1) is 27.5 Å². The zero-order chi connectivity index (χ0) is 15.5. The lowest BCUT2D eigenvalue weighted by Crippen LogP contribution is -2.05. The summed E-state index contributed by atoms with van der Waals surface area (Å²) in [5.41, 5.74) is 2.42. The van der Waals surface area contributed by atoms with E-state index in [4.69, 9.17) is 23.2 Å². The van der Waals surface area contributed by atoms with Crippen LogP contribution in [-0.2, 0) is 6.18 Å². The number of hydrazone groups is 1. The van der Waals surface area contributed by atoms with E-state index in [0.717, 1.165) is 12.1 Å². The van der Waals surface area contributed by atoms with Crippen LogP contribution in [0.4, 0.5) is 18.9 Å². The van der Waals surface area contributed by atoms with Gasteiger partial charge in [0.25, 0.3) is 0 Å². The van der Waals surface area contributed by atoms with Crippen LogP contribution in [0.15, 0.2) is 41.8 Å². The molecule has 1 heterocycles. The Bertz CT molecular complexity index is 634. The molecule has 0 aliphatic rings. The van der Waals surface area contributed by atoms with Gasteiger partial charge in [-0.25, -0.2) is 0 Å². The summed E-state index contributed by atoms with van der Waals surface area (Å²) in [6.45, 7) is 0. The second-order valence-corrected chi connectivity index (χ2v) is 4.78. The molecule has 21 heavy (non-hydrogen) atoms. The highest BCUT2D eigenvalue weighted by atomic mass is 35.5. The molecule has 2 aromatic rings. The van der Waals surface area contributed by atoms with Crippen LogP contribution in [0.5, 0.6) is 0 Å². The molecule has 0 amide bonds. The first-order valence-corrected chi connectivity index (χ1v) is 6.39. The van der Waals surface area contributed by atoms with E-state index in [1.54, 1.807) is 24.5 Å². The van der Waals surface area contributed by atoms with E-state index < -0.39 is 11.7 Å².